The highest BCUT2D eigenvalue weighted by molar-refractivity contribution is 5.84. The molecule has 3 atom stereocenters. The van der Waals surface area contributed by atoms with Crippen molar-refractivity contribution in [2.45, 2.75) is 90.3 Å². The molecule has 0 aromatic heterocycles. The lowest BCUT2D eigenvalue weighted by atomic mass is 9.93. The molecule has 0 spiro atoms. The van der Waals surface area contributed by atoms with E-state index in [2.05, 4.69) is 19.2 Å². The predicted molar refractivity (Wildman–Crippen MR) is 87.1 cm³/mol. The van der Waals surface area contributed by atoms with Crippen molar-refractivity contribution >= 4 is 5.91 Å². The van der Waals surface area contributed by atoms with Gasteiger partial charge in [0.05, 0.1) is 11.6 Å². The first-order valence-corrected chi connectivity index (χ1v) is 8.60. The second-order valence-corrected chi connectivity index (χ2v) is 6.88. The summed E-state index contributed by atoms with van der Waals surface area (Å²) in [5, 5.41) is 3.38. The zero-order chi connectivity index (χ0) is 15.9. The van der Waals surface area contributed by atoms with E-state index in [1.165, 1.54) is 19.3 Å². The topological polar surface area (TPSA) is 64.3 Å². The number of nitrogens with one attached hydrogen (secondary N) is 1. The summed E-state index contributed by atoms with van der Waals surface area (Å²) >= 11 is 0. The van der Waals surface area contributed by atoms with Gasteiger partial charge in [0.25, 0.3) is 0 Å². The molecule has 0 saturated heterocycles. The summed E-state index contributed by atoms with van der Waals surface area (Å²) in [4.78, 5) is 11.8. The lowest BCUT2D eigenvalue weighted by Gasteiger charge is -2.31. The van der Waals surface area contributed by atoms with Crippen molar-refractivity contribution in [1.29, 1.82) is 0 Å². The third-order valence-electron chi connectivity index (χ3n) is 4.50. The van der Waals surface area contributed by atoms with Gasteiger partial charge in [-0.2, -0.15) is 0 Å². The van der Waals surface area contributed by atoms with Crippen LogP contribution in [0.15, 0.2) is 0 Å². The summed E-state index contributed by atoms with van der Waals surface area (Å²) in [6.07, 6.45) is 7.86. The van der Waals surface area contributed by atoms with Gasteiger partial charge in [0, 0.05) is 19.1 Å². The second-order valence-electron chi connectivity index (χ2n) is 6.88. The van der Waals surface area contributed by atoms with Crippen molar-refractivity contribution in [2.24, 2.45) is 11.7 Å². The maximum Gasteiger partial charge on any atom is 0.237 e. The van der Waals surface area contributed by atoms with Gasteiger partial charge in [0.1, 0.15) is 0 Å². The number of amides is 1. The molecule has 124 valence electrons. The van der Waals surface area contributed by atoms with E-state index >= 15 is 0 Å². The van der Waals surface area contributed by atoms with Crippen LogP contribution in [0.5, 0.6) is 0 Å². The van der Waals surface area contributed by atoms with E-state index in [0.29, 0.717) is 18.4 Å². The molecule has 1 aliphatic rings. The van der Waals surface area contributed by atoms with Crippen LogP contribution >= 0.6 is 0 Å². The van der Waals surface area contributed by atoms with Gasteiger partial charge in [-0.15, -0.1) is 0 Å². The van der Waals surface area contributed by atoms with Gasteiger partial charge in [0.2, 0.25) is 5.91 Å². The molecule has 1 amide bonds. The summed E-state index contributed by atoms with van der Waals surface area (Å²) in [6, 6.07) is 0.461. The summed E-state index contributed by atoms with van der Waals surface area (Å²) in [7, 11) is 0. The Bertz CT molecular complexity index is 318. The number of hydrogen-bond donors (Lipinski definition) is 2. The molecule has 1 rings (SSSR count). The fourth-order valence-corrected chi connectivity index (χ4v) is 2.74. The molecule has 3 N–H and O–H groups in total. The summed E-state index contributed by atoms with van der Waals surface area (Å²) in [5.74, 6) is 0.353. The van der Waals surface area contributed by atoms with E-state index in [0.717, 1.165) is 25.9 Å². The molecular weight excluding hydrogens is 264 g/mol. The number of hydrogen-bond acceptors (Lipinski definition) is 3. The number of carbonyl (C=O) groups excluding carboxylic acids is 1. The Morgan fingerprint density at radius 1 is 1.43 bits per heavy atom. The fraction of sp³-hybridized carbons (Fsp3) is 0.941. The zero-order valence-electron chi connectivity index (χ0n) is 14.3. The van der Waals surface area contributed by atoms with Crippen LogP contribution in [-0.4, -0.2) is 30.2 Å². The Hall–Kier alpha value is -0.610. The number of primary amides is 1. The molecule has 0 radical (unpaired) electrons. The van der Waals surface area contributed by atoms with Gasteiger partial charge in [-0.1, -0.05) is 33.1 Å². The minimum absolute atomic E-state index is 0.0458. The average molecular weight is 298 g/mol. The lowest BCUT2D eigenvalue weighted by molar-refractivity contribution is -0.125. The highest BCUT2D eigenvalue weighted by Gasteiger charge is 2.38. The molecule has 0 aromatic carbocycles. The first kappa shape index (κ1) is 18.4. The van der Waals surface area contributed by atoms with E-state index in [4.69, 9.17) is 10.5 Å². The molecule has 0 bridgehead atoms. The molecule has 1 saturated carbocycles. The summed E-state index contributed by atoms with van der Waals surface area (Å²) in [5.41, 5.74) is 4.94. The van der Waals surface area contributed by atoms with Gasteiger partial charge in [0.15, 0.2) is 0 Å². The number of nitrogens with two attached hydrogens (primary N) is 1. The number of carbonyl (C=O) groups is 1. The van der Waals surface area contributed by atoms with Gasteiger partial charge in [-0.3, -0.25) is 4.79 Å². The van der Waals surface area contributed by atoms with E-state index in [1.807, 2.05) is 13.8 Å². The van der Waals surface area contributed by atoms with Crippen molar-refractivity contribution in [1.82, 2.24) is 5.32 Å². The fourth-order valence-electron chi connectivity index (χ4n) is 2.74. The first-order valence-electron chi connectivity index (χ1n) is 8.60. The third kappa shape index (κ3) is 6.79. The summed E-state index contributed by atoms with van der Waals surface area (Å²) in [6.45, 7) is 9.18. The SMILES string of the molecule is CCCCC(CC)COC(C)CC(C)(NC1CC1)C(N)=O. The molecule has 1 fully saturated rings. The van der Waals surface area contributed by atoms with Crippen LogP contribution < -0.4 is 11.1 Å². The van der Waals surface area contributed by atoms with E-state index in [9.17, 15) is 4.79 Å². The zero-order valence-corrected chi connectivity index (χ0v) is 14.3. The van der Waals surface area contributed by atoms with Gasteiger partial charge < -0.3 is 15.8 Å². The summed E-state index contributed by atoms with van der Waals surface area (Å²) < 4.78 is 5.99. The molecule has 1 aliphatic carbocycles. The van der Waals surface area contributed by atoms with Gasteiger partial charge >= 0.3 is 0 Å². The Morgan fingerprint density at radius 3 is 2.57 bits per heavy atom. The van der Waals surface area contributed by atoms with Crippen LogP contribution in [0.4, 0.5) is 0 Å². The number of rotatable bonds is 12. The lowest BCUT2D eigenvalue weighted by Crippen LogP contribution is -2.55. The van der Waals surface area contributed by atoms with Crippen molar-refractivity contribution in [2.75, 3.05) is 6.61 Å². The van der Waals surface area contributed by atoms with Crippen molar-refractivity contribution in [3.8, 4) is 0 Å². The van der Waals surface area contributed by atoms with Crippen molar-refractivity contribution in [3.63, 3.8) is 0 Å². The maximum atomic E-state index is 11.8. The largest absolute Gasteiger partial charge is 0.378 e. The Kier molecular flexibility index (Phi) is 7.67. The molecule has 3 unspecified atom stereocenters. The van der Waals surface area contributed by atoms with Crippen LogP contribution in [-0.2, 0) is 9.53 Å². The minimum atomic E-state index is -0.647. The monoisotopic (exact) mass is 298 g/mol. The molecule has 0 heterocycles. The highest BCUT2D eigenvalue weighted by atomic mass is 16.5. The average Bonchev–Trinajstić information content (AvgIpc) is 3.22. The van der Waals surface area contributed by atoms with Crippen molar-refractivity contribution in [3.05, 3.63) is 0 Å². The first-order chi connectivity index (χ1) is 9.91. The standard InChI is InChI=1S/C17H34N2O2/c1-5-7-8-14(6-2)12-21-13(3)11-17(4,16(18)20)19-15-9-10-15/h13-15,19H,5-12H2,1-4H3,(H2,18,20). The molecule has 0 aliphatic heterocycles. The van der Waals surface area contributed by atoms with Gasteiger partial charge in [-0.25, -0.2) is 0 Å². The number of ether oxygens (including phenoxy) is 1. The van der Waals surface area contributed by atoms with Crippen LogP contribution in [0, 0.1) is 5.92 Å². The molecule has 4 nitrogen and oxygen atoms in total. The second kappa shape index (κ2) is 8.74. The van der Waals surface area contributed by atoms with E-state index in [1.54, 1.807) is 0 Å². The minimum Gasteiger partial charge on any atom is -0.378 e. The van der Waals surface area contributed by atoms with Crippen LogP contribution in [0.3, 0.4) is 0 Å². The Morgan fingerprint density at radius 2 is 2.10 bits per heavy atom. The van der Waals surface area contributed by atoms with Crippen LogP contribution in [0.2, 0.25) is 0 Å². The van der Waals surface area contributed by atoms with Crippen LogP contribution in [0.1, 0.15) is 72.6 Å². The molecular formula is C17H34N2O2. The molecule has 21 heavy (non-hydrogen) atoms. The number of unbranched alkanes of at least 4 members (excludes halogenated alkanes) is 1. The van der Waals surface area contributed by atoms with Crippen molar-refractivity contribution < 1.29 is 9.53 Å². The Labute approximate surface area is 130 Å². The molecule has 4 heteroatoms. The molecule has 0 aromatic rings. The Balaban J connectivity index is 2.38. The smallest absolute Gasteiger partial charge is 0.237 e. The van der Waals surface area contributed by atoms with E-state index in [-0.39, 0.29) is 12.0 Å². The maximum absolute atomic E-state index is 11.8. The highest BCUT2D eigenvalue weighted by Crippen LogP contribution is 2.25. The quantitative estimate of drug-likeness (QED) is 0.582. The third-order valence-corrected chi connectivity index (χ3v) is 4.50. The predicted octanol–water partition coefficient (Wildman–Crippen LogP) is 2.99. The van der Waals surface area contributed by atoms with Gasteiger partial charge in [-0.05, 0) is 39.0 Å². The van der Waals surface area contributed by atoms with E-state index < -0.39 is 5.54 Å². The normalized spacial score (nSPS) is 20.8. The van der Waals surface area contributed by atoms with Crippen LogP contribution in [0.25, 0.3) is 0 Å².